The first kappa shape index (κ1) is 24.6. The summed E-state index contributed by atoms with van der Waals surface area (Å²) in [6, 6.07) is 18.9. The van der Waals surface area contributed by atoms with Crippen LogP contribution in [0, 0.1) is 5.82 Å². The maximum Gasteiger partial charge on any atom is 0.256 e. The van der Waals surface area contributed by atoms with Gasteiger partial charge in [0.25, 0.3) is 5.91 Å². The fourth-order valence-electron chi connectivity index (χ4n) is 3.87. The molecule has 0 spiro atoms. The van der Waals surface area contributed by atoms with Crippen molar-refractivity contribution < 1.29 is 18.7 Å². The van der Waals surface area contributed by atoms with Crippen LogP contribution in [0.25, 0.3) is 0 Å². The van der Waals surface area contributed by atoms with Crippen LogP contribution < -0.4 is 15.0 Å². The molecule has 1 N–H and O–H groups in total. The van der Waals surface area contributed by atoms with Gasteiger partial charge in [-0.25, -0.2) is 4.39 Å². The predicted molar refractivity (Wildman–Crippen MR) is 138 cm³/mol. The summed E-state index contributed by atoms with van der Waals surface area (Å²) in [5.74, 6) is -0.521. The van der Waals surface area contributed by atoms with E-state index in [1.165, 1.54) is 29.2 Å². The van der Waals surface area contributed by atoms with Crippen molar-refractivity contribution in [3.63, 3.8) is 0 Å². The van der Waals surface area contributed by atoms with Crippen molar-refractivity contribution in [3.8, 4) is 5.75 Å². The Bertz CT molecular complexity index is 1250. The summed E-state index contributed by atoms with van der Waals surface area (Å²) in [6.45, 7) is 2.61. The average molecular weight is 512 g/mol. The van der Waals surface area contributed by atoms with E-state index in [0.29, 0.717) is 28.8 Å². The van der Waals surface area contributed by atoms with Crippen molar-refractivity contribution in [2.45, 2.75) is 25.9 Å². The van der Waals surface area contributed by atoms with Crippen LogP contribution in [0.2, 0.25) is 5.02 Å². The number of ether oxygens (including phenoxy) is 1. The van der Waals surface area contributed by atoms with Gasteiger partial charge in [-0.15, -0.1) is 0 Å². The number of anilines is 2. The summed E-state index contributed by atoms with van der Waals surface area (Å²) in [4.78, 5) is 29.5. The Morgan fingerprint density at radius 1 is 1.11 bits per heavy atom. The second-order valence-corrected chi connectivity index (χ2v) is 8.65. The number of halogens is 2. The zero-order chi connectivity index (χ0) is 24.9. The van der Waals surface area contributed by atoms with Crippen LogP contribution in [-0.4, -0.2) is 34.5 Å². The van der Waals surface area contributed by atoms with E-state index < -0.39 is 11.9 Å². The lowest BCUT2D eigenvalue weighted by molar-refractivity contribution is -0.124. The third-order valence-electron chi connectivity index (χ3n) is 5.51. The lowest BCUT2D eigenvalue weighted by atomic mass is 10.1. The van der Waals surface area contributed by atoms with Crippen molar-refractivity contribution >= 4 is 52.1 Å². The van der Waals surface area contributed by atoms with Gasteiger partial charge in [0.05, 0.1) is 18.7 Å². The molecule has 3 aromatic rings. The standard InChI is InChI=1S/C26H23ClFN3O3S/c1-2-34-21-8-5-7-19(14-21)29-24(32)15-23-25(33)31(20-12-10-18(28)11-13-20)26(35)30(23)16-17-6-3-4-9-22(17)27/h3-14,23H,2,15-16H2,1H3,(H,29,32)/t23-/m1/s1. The van der Waals surface area contributed by atoms with E-state index in [9.17, 15) is 14.0 Å². The maximum absolute atomic E-state index is 13.5. The van der Waals surface area contributed by atoms with Crippen molar-refractivity contribution in [1.29, 1.82) is 0 Å². The highest BCUT2D eigenvalue weighted by Gasteiger charge is 2.44. The smallest absolute Gasteiger partial charge is 0.256 e. The number of thiocarbonyl (C=S) groups is 1. The van der Waals surface area contributed by atoms with Crippen molar-refractivity contribution in [2.75, 3.05) is 16.8 Å². The van der Waals surface area contributed by atoms with Crippen LogP contribution in [-0.2, 0) is 16.1 Å². The van der Waals surface area contributed by atoms with Gasteiger partial charge < -0.3 is 15.0 Å². The highest BCUT2D eigenvalue weighted by Crippen LogP contribution is 2.30. The van der Waals surface area contributed by atoms with Crippen LogP contribution in [0.1, 0.15) is 18.9 Å². The van der Waals surface area contributed by atoms with E-state index >= 15 is 0 Å². The molecule has 1 heterocycles. The van der Waals surface area contributed by atoms with Gasteiger partial charge in [-0.2, -0.15) is 0 Å². The van der Waals surface area contributed by atoms with E-state index in [-0.39, 0.29) is 29.9 Å². The topological polar surface area (TPSA) is 61.9 Å². The number of amides is 2. The molecule has 9 heteroatoms. The second-order valence-electron chi connectivity index (χ2n) is 7.88. The monoisotopic (exact) mass is 511 g/mol. The Morgan fingerprint density at radius 3 is 2.57 bits per heavy atom. The number of nitrogens with one attached hydrogen (secondary N) is 1. The van der Waals surface area contributed by atoms with Crippen molar-refractivity contribution in [1.82, 2.24) is 4.90 Å². The first-order valence-electron chi connectivity index (χ1n) is 11.0. The van der Waals surface area contributed by atoms with Crippen molar-refractivity contribution in [2.24, 2.45) is 0 Å². The van der Waals surface area contributed by atoms with Crippen LogP contribution in [0.3, 0.4) is 0 Å². The van der Waals surface area contributed by atoms with E-state index in [0.717, 1.165) is 5.56 Å². The van der Waals surface area contributed by atoms with Crippen LogP contribution in [0.5, 0.6) is 5.75 Å². The number of rotatable bonds is 8. The minimum Gasteiger partial charge on any atom is -0.494 e. The summed E-state index contributed by atoms with van der Waals surface area (Å²) in [5, 5.41) is 3.57. The molecule has 0 aliphatic carbocycles. The molecule has 4 rings (SSSR count). The van der Waals surface area contributed by atoms with E-state index in [1.54, 1.807) is 35.2 Å². The minimum absolute atomic E-state index is 0.139. The molecule has 0 saturated carbocycles. The molecular formula is C26H23ClFN3O3S. The summed E-state index contributed by atoms with van der Waals surface area (Å²) in [5.41, 5.74) is 1.75. The van der Waals surface area contributed by atoms with Gasteiger partial charge in [-0.05, 0) is 67.2 Å². The zero-order valence-electron chi connectivity index (χ0n) is 18.9. The zero-order valence-corrected chi connectivity index (χ0v) is 20.5. The van der Waals surface area contributed by atoms with Crippen LogP contribution in [0.4, 0.5) is 15.8 Å². The van der Waals surface area contributed by atoms with Gasteiger partial charge in [0.2, 0.25) is 5.91 Å². The van der Waals surface area contributed by atoms with E-state index in [1.807, 2.05) is 25.1 Å². The maximum atomic E-state index is 13.5. The first-order chi connectivity index (χ1) is 16.9. The Morgan fingerprint density at radius 2 is 1.86 bits per heavy atom. The molecule has 0 bridgehead atoms. The quantitative estimate of drug-likeness (QED) is 0.410. The molecule has 1 atom stereocenters. The third-order valence-corrected chi connectivity index (χ3v) is 6.30. The predicted octanol–water partition coefficient (Wildman–Crippen LogP) is 5.41. The average Bonchev–Trinajstić information content (AvgIpc) is 3.05. The van der Waals surface area contributed by atoms with Gasteiger partial charge in [-0.3, -0.25) is 14.5 Å². The van der Waals surface area contributed by atoms with Crippen LogP contribution in [0.15, 0.2) is 72.8 Å². The highest BCUT2D eigenvalue weighted by molar-refractivity contribution is 7.80. The van der Waals surface area contributed by atoms with Gasteiger partial charge >= 0.3 is 0 Å². The van der Waals surface area contributed by atoms with Crippen molar-refractivity contribution in [3.05, 3.63) is 89.2 Å². The normalized spacial score (nSPS) is 15.5. The molecule has 1 fully saturated rings. The third kappa shape index (κ3) is 5.61. The molecule has 1 aliphatic heterocycles. The summed E-state index contributed by atoms with van der Waals surface area (Å²) in [6.07, 6.45) is -0.139. The molecule has 0 unspecified atom stereocenters. The Kier molecular flexibility index (Phi) is 7.63. The number of benzene rings is 3. The number of hydrogen-bond acceptors (Lipinski definition) is 4. The van der Waals surface area contributed by atoms with Gasteiger partial charge in [0.1, 0.15) is 17.6 Å². The Balaban J connectivity index is 1.59. The lowest BCUT2D eigenvalue weighted by Gasteiger charge is -2.24. The lowest BCUT2D eigenvalue weighted by Crippen LogP contribution is -2.37. The number of hydrogen-bond donors (Lipinski definition) is 1. The Hall–Kier alpha value is -3.49. The molecule has 35 heavy (non-hydrogen) atoms. The van der Waals surface area contributed by atoms with Gasteiger partial charge in [0.15, 0.2) is 5.11 Å². The number of carbonyl (C=O) groups excluding carboxylic acids is 2. The molecule has 180 valence electrons. The molecule has 1 saturated heterocycles. The number of nitrogens with zero attached hydrogens (tertiary/aromatic N) is 2. The van der Waals surface area contributed by atoms with Gasteiger partial charge in [-0.1, -0.05) is 35.9 Å². The molecule has 2 amide bonds. The fourth-order valence-corrected chi connectivity index (χ4v) is 4.45. The largest absolute Gasteiger partial charge is 0.494 e. The molecular weight excluding hydrogens is 489 g/mol. The summed E-state index contributed by atoms with van der Waals surface area (Å²) < 4.78 is 19.0. The van der Waals surface area contributed by atoms with E-state index in [2.05, 4.69) is 5.32 Å². The van der Waals surface area contributed by atoms with Gasteiger partial charge in [0, 0.05) is 23.3 Å². The van der Waals surface area contributed by atoms with Crippen LogP contribution >= 0.6 is 23.8 Å². The summed E-state index contributed by atoms with van der Waals surface area (Å²) in [7, 11) is 0. The SMILES string of the molecule is CCOc1cccc(NC(=O)C[C@@H]2C(=O)N(c3ccc(F)cc3)C(=S)N2Cc2ccccc2Cl)c1. The molecule has 0 aromatic heterocycles. The molecule has 6 nitrogen and oxygen atoms in total. The minimum atomic E-state index is -0.862. The molecule has 1 aliphatic rings. The second kappa shape index (κ2) is 10.8. The summed E-state index contributed by atoms with van der Waals surface area (Å²) >= 11 is 12.0. The number of carbonyl (C=O) groups is 2. The Labute approximate surface area is 213 Å². The molecule has 0 radical (unpaired) electrons. The van der Waals surface area contributed by atoms with E-state index in [4.69, 9.17) is 28.6 Å². The molecule has 3 aromatic carbocycles. The fraction of sp³-hybridized carbons (Fsp3) is 0.192. The first-order valence-corrected chi connectivity index (χ1v) is 11.8. The highest BCUT2D eigenvalue weighted by atomic mass is 35.5.